The highest BCUT2D eigenvalue weighted by molar-refractivity contribution is 5.94. The van der Waals surface area contributed by atoms with Crippen LogP contribution in [0.5, 0.6) is 0 Å². The third-order valence-electron chi connectivity index (χ3n) is 3.56. The summed E-state index contributed by atoms with van der Waals surface area (Å²) in [5, 5.41) is 0. The Labute approximate surface area is 126 Å². The smallest absolute Gasteiger partial charge is 0.257 e. The minimum Gasteiger partial charge on any atom is -0.337 e. The number of nitrogens with zero attached hydrogens (tertiary/aromatic N) is 4. The van der Waals surface area contributed by atoms with Crippen LogP contribution in [0.15, 0.2) is 36.7 Å². The first-order valence-corrected chi connectivity index (χ1v) is 6.91. The molecule has 3 rings (SSSR count). The van der Waals surface area contributed by atoms with Crippen molar-refractivity contribution in [2.45, 2.75) is 0 Å². The minimum absolute atomic E-state index is 0.232. The zero-order valence-corrected chi connectivity index (χ0v) is 11.7. The molecule has 0 bridgehead atoms. The highest BCUT2D eigenvalue weighted by Crippen LogP contribution is 2.15. The number of amides is 1. The van der Waals surface area contributed by atoms with E-state index in [-0.39, 0.29) is 5.56 Å². The largest absolute Gasteiger partial charge is 0.337 e. The van der Waals surface area contributed by atoms with E-state index in [1.807, 2.05) is 4.90 Å². The van der Waals surface area contributed by atoms with Crippen LogP contribution in [0.3, 0.4) is 0 Å². The summed E-state index contributed by atoms with van der Waals surface area (Å²) in [4.78, 5) is 24.1. The van der Waals surface area contributed by atoms with Crippen molar-refractivity contribution < 1.29 is 13.6 Å². The summed E-state index contributed by atoms with van der Waals surface area (Å²) in [5.74, 6) is -1.22. The molecule has 2 aromatic rings. The number of carbonyl (C=O) groups excluding carboxylic acids is 1. The van der Waals surface area contributed by atoms with E-state index >= 15 is 0 Å². The summed E-state index contributed by atoms with van der Waals surface area (Å²) in [7, 11) is 0. The fourth-order valence-electron chi connectivity index (χ4n) is 2.40. The molecule has 0 saturated carbocycles. The Kier molecular flexibility index (Phi) is 3.95. The molecular formula is C15H14F2N4O. The van der Waals surface area contributed by atoms with E-state index < -0.39 is 17.5 Å². The normalized spacial score (nSPS) is 15.0. The Morgan fingerprint density at radius 3 is 2.41 bits per heavy atom. The summed E-state index contributed by atoms with van der Waals surface area (Å²) in [6.45, 7) is 1.92. The van der Waals surface area contributed by atoms with Crippen molar-refractivity contribution in [3.63, 3.8) is 0 Å². The minimum atomic E-state index is -0.708. The van der Waals surface area contributed by atoms with Gasteiger partial charge in [0.1, 0.15) is 11.6 Å². The molecule has 1 amide bonds. The number of aromatic nitrogens is 2. The molecule has 0 N–H and O–H groups in total. The summed E-state index contributed by atoms with van der Waals surface area (Å²) >= 11 is 0. The summed E-state index contributed by atoms with van der Waals surface area (Å²) in [6.07, 6.45) is 3.31. The molecule has 5 nitrogen and oxygen atoms in total. The first-order valence-electron chi connectivity index (χ1n) is 6.91. The first kappa shape index (κ1) is 14.4. The highest BCUT2D eigenvalue weighted by Gasteiger charge is 2.25. The van der Waals surface area contributed by atoms with Crippen LogP contribution in [0.2, 0.25) is 0 Å². The zero-order valence-electron chi connectivity index (χ0n) is 11.7. The van der Waals surface area contributed by atoms with E-state index in [0.29, 0.717) is 32.1 Å². The van der Waals surface area contributed by atoms with Gasteiger partial charge < -0.3 is 9.80 Å². The number of hydrogen-bond donors (Lipinski definition) is 0. The fourth-order valence-corrected chi connectivity index (χ4v) is 2.40. The predicted molar refractivity (Wildman–Crippen MR) is 76.5 cm³/mol. The lowest BCUT2D eigenvalue weighted by molar-refractivity contribution is 0.0741. The van der Waals surface area contributed by atoms with Crippen molar-refractivity contribution in [3.05, 3.63) is 53.9 Å². The molecule has 114 valence electrons. The average Bonchev–Trinajstić information content (AvgIpc) is 2.57. The SMILES string of the molecule is O=C(c1cc(F)ccc1F)N1CCN(c2ncccn2)CC1. The van der Waals surface area contributed by atoms with Crippen LogP contribution >= 0.6 is 0 Å². The van der Waals surface area contributed by atoms with Gasteiger partial charge in [-0.15, -0.1) is 0 Å². The van der Waals surface area contributed by atoms with Gasteiger partial charge in [0.2, 0.25) is 5.95 Å². The van der Waals surface area contributed by atoms with Gasteiger partial charge >= 0.3 is 0 Å². The lowest BCUT2D eigenvalue weighted by Crippen LogP contribution is -2.49. The number of anilines is 1. The van der Waals surface area contributed by atoms with Crippen molar-refractivity contribution in [2.24, 2.45) is 0 Å². The van der Waals surface area contributed by atoms with Gasteiger partial charge in [-0.3, -0.25) is 4.79 Å². The van der Waals surface area contributed by atoms with E-state index in [2.05, 4.69) is 9.97 Å². The van der Waals surface area contributed by atoms with E-state index in [1.54, 1.807) is 18.5 Å². The van der Waals surface area contributed by atoms with Gasteiger partial charge in [0.15, 0.2) is 0 Å². The van der Waals surface area contributed by atoms with E-state index in [1.165, 1.54) is 4.90 Å². The Morgan fingerprint density at radius 1 is 1.05 bits per heavy atom. The van der Waals surface area contributed by atoms with Gasteiger partial charge in [-0.1, -0.05) is 0 Å². The Bertz CT molecular complexity index is 672. The third kappa shape index (κ3) is 2.88. The van der Waals surface area contributed by atoms with Gasteiger partial charge in [0, 0.05) is 38.6 Å². The third-order valence-corrected chi connectivity index (χ3v) is 3.56. The molecule has 0 atom stereocenters. The van der Waals surface area contributed by atoms with Crippen molar-refractivity contribution in [1.82, 2.24) is 14.9 Å². The zero-order chi connectivity index (χ0) is 15.5. The van der Waals surface area contributed by atoms with Crippen LogP contribution in [0.1, 0.15) is 10.4 Å². The molecule has 1 aliphatic rings. The molecular weight excluding hydrogens is 290 g/mol. The maximum atomic E-state index is 13.7. The number of benzene rings is 1. The molecule has 1 aliphatic heterocycles. The number of halogens is 2. The van der Waals surface area contributed by atoms with Crippen molar-refractivity contribution in [3.8, 4) is 0 Å². The second-order valence-electron chi connectivity index (χ2n) is 4.95. The maximum absolute atomic E-state index is 13.7. The summed E-state index contributed by atoms with van der Waals surface area (Å²) in [5.41, 5.74) is -0.232. The van der Waals surface area contributed by atoms with Crippen molar-refractivity contribution in [2.75, 3.05) is 31.1 Å². The van der Waals surface area contributed by atoms with Crippen LogP contribution in [0.4, 0.5) is 14.7 Å². The van der Waals surface area contributed by atoms with Gasteiger partial charge in [0.25, 0.3) is 5.91 Å². The maximum Gasteiger partial charge on any atom is 0.257 e. The summed E-state index contributed by atoms with van der Waals surface area (Å²) < 4.78 is 26.9. The number of carbonyl (C=O) groups is 1. The second-order valence-corrected chi connectivity index (χ2v) is 4.95. The quantitative estimate of drug-likeness (QED) is 0.847. The molecule has 2 heterocycles. The molecule has 22 heavy (non-hydrogen) atoms. The molecule has 0 radical (unpaired) electrons. The average molecular weight is 304 g/mol. The molecule has 0 spiro atoms. The van der Waals surface area contributed by atoms with Crippen LogP contribution in [-0.4, -0.2) is 47.0 Å². The van der Waals surface area contributed by atoms with Gasteiger partial charge in [-0.25, -0.2) is 18.7 Å². The molecule has 0 aliphatic carbocycles. The lowest BCUT2D eigenvalue weighted by atomic mass is 10.1. The fraction of sp³-hybridized carbons (Fsp3) is 0.267. The van der Waals surface area contributed by atoms with Gasteiger partial charge in [-0.05, 0) is 24.3 Å². The van der Waals surface area contributed by atoms with E-state index in [9.17, 15) is 13.6 Å². The highest BCUT2D eigenvalue weighted by atomic mass is 19.1. The van der Waals surface area contributed by atoms with Crippen LogP contribution in [-0.2, 0) is 0 Å². The Hall–Kier alpha value is -2.57. The van der Waals surface area contributed by atoms with Crippen LogP contribution < -0.4 is 4.90 Å². The first-order chi connectivity index (χ1) is 10.6. The van der Waals surface area contributed by atoms with Gasteiger partial charge in [0.05, 0.1) is 5.56 Å². The Morgan fingerprint density at radius 2 is 1.73 bits per heavy atom. The topological polar surface area (TPSA) is 49.3 Å². The van der Waals surface area contributed by atoms with Crippen molar-refractivity contribution >= 4 is 11.9 Å². The number of hydrogen-bond acceptors (Lipinski definition) is 4. The monoisotopic (exact) mass is 304 g/mol. The van der Waals surface area contributed by atoms with Crippen molar-refractivity contribution in [1.29, 1.82) is 0 Å². The molecule has 1 aromatic carbocycles. The summed E-state index contributed by atoms with van der Waals surface area (Å²) in [6, 6.07) is 4.63. The number of rotatable bonds is 2. The van der Waals surface area contributed by atoms with E-state index in [4.69, 9.17) is 0 Å². The molecule has 0 unspecified atom stereocenters. The second kappa shape index (κ2) is 6.05. The van der Waals surface area contributed by atoms with Crippen LogP contribution in [0.25, 0.3) is 0 Å². The Balaban J connectivity index is 1.68. The van der Waals surface area contributed by atoms with Gasteiger partial charge in [-0.2, -0.15) is 0 Å². The number of piperazine rings is 1. The standard InChI is InChI=1S/C15H14F2N4O/c16-11-2-3-13(17)12(10-11)14(22)20-6-8-21(9-7-20)15-18-4-1-5-19-15/h1-5,10H,6-9H2. The molecule has 7 heteroatoms. The molecule has 1 fully saturated rings. The lowest BCUT2D eigenvalue weighted by Gasteiger charge is -2.34. The molecule has 1 saturated heterocycles. The molecule has 1 aromatic heterocycles. The van der Waals surface area contributed by atoms with Crippen LogP contribution in [0, 0.1) is 11.6 Å². The van der Waals surface area contributed by atoms with E-state index in [0.717, 1.165) is 18.2 Å². The predicted octanol–water partition coefficient (Wildman–Crippen LogP) is 1.72.